The molecule has 2 aliphatic rings. The van der Waals surface area contributed by atoms with Gasteiger partial charge in [-0.3, -0.25) is 0 Å². The van der Waals surface area contributed by atoms with Crippen LogP contribution in [0.4, 0.5) is 11.4 Å². The molecule has 4 nitrogen and oxygen atoms in total. The molecule has 2 aliphatic heterocycles. The molecule has 4 heteroatoms. The molecule has 2 aromatic rings. The van der Waals surface area contributed by atoms with Crippen LogP contribution < -0.4 is 9.80 Å². The van der Waals surface area contributed by atoms with Crippen LogP contribution in [0.3, 0.4) is 0 Å². The summed E-state index contributed by atoms with van der Waals surface area (Å²) in [6, 6.07) is 8.29. The third kappa shape index (κ3) is 1.68. The number of benzene rings is 2. The zero-order valence-electron chi connectivity index (χ0n) is 12.2. The molecule has 0 radical (unpaired) electrons. The van der Waals surface area contributed by atoms with E-state index in [0.29, 0.717) is 12.1 Å². The fraction of sp³-hybridized carbons (Fsp3) is 0.294. The monoisotopic (exact) mass is 282 g/mol. The summed E-state index contributed by atoms with van der Waals surface area (Å²) in [6.45, 7) is 6.13. The number of phenols is 2. The first-order valence-corrected chi connectivity index (χ1v) is 7.18. The third-order valence-electron chi connectivity index (χ3n) is 4.58. The Morgan fingerprint density at radius 1 is 0.952 bits per heavy atom. The van der Waals surface area contributed by atoms with Gasteiger partial charge >= 0.3 is 0 Å². The molecule has 0 saturated carbocycles. The molecule has 2 aromatic carbocycles. The lowest BCUT2D eigenvalue weighted by Gasteiger charge is -2.45. The maximum Gasteiger partial charge on any atom is 0.129 e. The smallest absolute Gasteiger partial charge is 0.129 e. The van der Waals surface area contributed by atoms with Crippen LogP contribution in [-0.2, 0) is 13.1 Å². The summed E-state index contributed by atoms with van der Waals surface area (Å²) in [5, 5.41) is 20.4. The van der Waals surface area contributed by atoms with Crippen LogP contribution in [0.15, 0.2) is 24.3 Å². The zero-order valence-corrected chi connectivity index (χ0v) is 12.2. The SMILES string of the molecule is Cc1ccc2c(c1)CN1CN2Cc2c1cc(O)c(C)c2O. The second-order valence-electron chi connectivity index (χ2n) is 6.04. The average molecular weight is 282 g/mol. The molecular formula is C17H18N2O2. The summed E-state index contributed by atoms with van der Waals surface area (Å²) in [6.07, 6.45) is 0. The van der Waals surface area contributed by atoms with Crippen molar-refractivity contribution < 1.29 is 10.2 Å². The lowest BCUT2D eigenvalue weighted by atomic mass is 9.98. The van der Waals surface area contributed by atoms with Gasteiger partial charge in [0.15, 0.2) is 0 Å². The predicted molar refractivity (Wildman–Crippen MR) is 82.9 cm³/mol. The van der Waals surface area contributed by atoms with Crippen LogP contribution in [0.1, 0.15) is 22.3 Å². The molecule has 21 heavy (non-hydrogen) atoms. The largest absolute Gasteiger partial charge is 0.507 e. The minimum Gasteiger partial charge on any atom is -0.507 e. The molecule has 0 amide bonds. The molecule has 0 spiro atoms. The molecule has 2 bridgehead atoms. The number of hydrogen-bond acceptors (Lipinski definition) is 4. The summed E-state index contributed by atoms with van der Waals surface area (Å²) >= 11 is 0. The van der Waals surface area contributed by atoms with Crippen molar-refractivity contribution >= 4 is 11.4 Å². The fourth-order valence-corrected chi connectivity index (χ4v) is 3.41. The van der Waals surface area contributed by atoms with Crippen molar-refractivity contribution in [2.45, 2.75) is 26.9 Å². The molecule has 0 aromatic heterocycles. The van der Waals surface area contributed by atoms with Gasteiger partial charge in [-0.2, -0.15) is 0 Å². The van der Waals surface area contributed by atoms with Crippen molar-refractivity contribution in [2.24, 2.45) is 0 Å². The first-order valence-electron chi connectivity index (χ1n) is 7.18. The fourth-order valence-electron chi connectivity index (χ4n) is 3.41. The second kappa shape index (κ2) is 4.07. The standard InChI is InChI=1S/C17H18N2O2/c1-10-3-4-14-12(5-10)7-18-9-19(14)8-13-15(18)6-16(20)11(2)17(13)21/h3-6,20-21H,7-9H2,1-2H3. The average Bonchev–Trinajstić information content (AvgIpc) is 2.46. The van der Waals surface area contributed by atoms with Gasteiger partial charge in [0.1, 0.15) is 11.5 Å². The molecule has 0 saturated heterocycles. The van der Waals surface area contributed by atoms with E-state index in [1.807, 2.05) is 0 Å². The number of aryl methyl sites for hydroxylation is 1. The van der Waals surface area contributed by atoms with Crippen LogP contribution in [-0.4, -0.2) is 16.9 Å². The summed E-state index contributed by atoms with van der Waals surface area (Å²) in [5.41, 5.74) is 6.20. The molecule has 2 N–H and O–H groups in total. The quantitative estimate of drug-likeness (QED) is 0.780. The Balaban J connectivity index is 1.87. The van der Waals surface area contributed by atoms with E-state index in [-0.39, 0.29) is 11.5 Å². The predicted octanol–water partition coefficient (Wildman–Crippen LogP) is 3.01. The van der Waals surface area contributed by atoms with Crippen molar-refractivity contribution in [1.29, 1.82) is 0 Å². The van der Waals surface area contributed by atoms with Gasteiger partial charge in [-0.05, 0) is 25.5 Å². The number of phenolic OH excluding ortho intramolecular Hbond substituents is 2. The van der Waals surface area contributed by atoms with Gasteiger partial charge in [0.2, 0.25) is 0 Å². The van der Waals surface area contributed by atoms with E-state index in [1.165, 1.54) is 16.8 Å². The van der Waals surface area contributed by atoms with Crippen molar-refractivity contribution in [3.63, 3.8) is 0 Å². The summed E-state index contributed by atoms with van der Waals surface area (Å²) < 4.78 is 0. The van der Waals surface area contributed by atoms with Gasteiger partial charge in [-0.1, -0.05) is 17.7 Å². The minimum absolute atomic E-state index is 0.162. The van der Waals surface area contributed by atoms with Crippen LogP contribution in [0.25, 0.3) is 0 Å². The zero-order chi connectivity index (χ0) is 14.7. The highest BCUT2D eigenvalue weighted by molar-refractivity contribution is 5.73. The highest BCUT2D eigenvalue weighted by atomic mass is 16.3. The lowest BCUT2D eigenvalue weighted by molar-refractivity contribution is 0.435. The molecule has 0 unspecified atom stereocenters. The highest BCUT2D eigenvalue weighted by Crippen LogP contribution is 2.45. The van der Waals surface area contributed by atoms with Gasteiger partial charge in [0.05, 0.1) is 18.9 Å². The van der Waals surface area contributed by atoms with E-state index in [2.05, 4.69) is 34.9 Å². The van der Waals surface area contributed by atoms with E-state index in [9.17, 15) is 10.2 Å². The highest BCUT2D eigenvalue weighted by Gasteiger charge is 2.32. The first kappa shape index (κ1) is 12.4. The van der Waals surface area contributed by atoms with Crippen LogP contribution in [0, 0.1) is 13.8 Å². The number of fused-ring (bicyclic) bond motifs is 6. The van der Waals surface area contributed by atoms with Crippen LogP contribution in [0.2, 0.25) is 0 Å². The number of aromatic hydroxyl groups is 2. The van der Waals surface area contributed by atoms with Crippen molar-refractivity contribution in [3.8, 4) is 11.5 Å². The normalized spacial score (nSPS) is 15.7. The van der Waals surface area contributed by atoms with Crippen molar-refractivity contribution in [1.82, 2.24) is 0 Å². The molecule has 0 aliphatic carbocycles. The van der Waals surface area contributed by atoms with Gasteiger partial charge in [0, 0.05) is 29.4 Å². The number of rotatable bonds is 0. The first-order chi connectivity index (χ1) is 10.0. The third-order valence-corrected chi connectivity index (χ3v) is 4.58. The maximum atomic E-state index is 10.4. The Morgan fingerprint density at radius 2 is 1.71 bits per heavy atom. The molecule has 0 fully saturated rings. The summed E-state index contributed by atoms with van der Waals surface area (Å²) in [7, 11) is 0. The minimum atomic E-state index is 0.162. The molecule has 4 rings (SSSR count). The van der Waals surface area contributed by atoms with E-state index >= 15 is 0 Å². The molecule has 0 atom stereocenters. The van der Waals surface area contributed by atoms with Gasteiger partial charge in [0.25, 0.3) is 0 Å². The summed E-state index contributed by atoms with van der Waals surface area (Å²) in [5.74, 6) is 0.380. The van der Waals surface area contributed by atoms with Gasteiger partial charge in [-0.25, -0.2) is 0 Å². The van der Waals surface area contributed by atoms with Crippen LogP contribution >= 0.6 is 0 Å². The Morgan fingerprint density at radius 3 is 2.52 bits per heavy atom. The second-order valence-corrected chi connectivity index (χ2v) is 6.04. The molecule has 108 valence electrons. The van der Waals surface area contributed by atoms with E-state index in [1.54, 1.807) is 13.0 Å². The lowest BCUT2D eigenvalue weighted by Crippen LogP contribution is -2.46. The van der Waals surface area contributed by atoms with Gasteiger partial charge in [-0.15, -0.1) is 0 Å². The Hall–Kier alpha value is -2.36. The summed E-state index contributed by atoms with van der Waals surface area (Å²) in [4.78, 5) is 4.48. The Kier molecular flexibility index (Phi) is 2.40. The molecular weight excluding hydrogens is 264 g/mol. The Bertz CT molecular complexity index is 755. The van der Waals surface area contributed by atoms with E-state index in [0.717, 1.165) is 24.5 Å². The van der Waals surface area contributed by atoms with Gasteiger partial charge < -0.3 is 20.0 Å². The van der Waals surface area contributed by atoms with E-state index < -0.39 is 0 Å². The maximum absolute atomic E-state index is 10.4. The number of nitrogens with zero attached hydrogens (tertiary/aromatic N) is 2. The van der Waals surface area contributed by atoms with Crippen LogP contribution in [0.5, 0.6) is 11.5 Å². The number of anilines is 2. The van der Waals surface area contributed by atoms with Crippen molar-refractivity contribution in [2.75, 3.05) is 16.5 Å². The number of hydrogen-bond donors (Lipinski definition) is 2. The topological polar surface area (TPSA) is 46.9 Å². The Labute approximate surface area is 123 Å². The van der Waals surface area contributed by atoms with E-state index in [4.69, 9.17) is 0 Å². The van der Waals surface area contributed by atoms with Crippen molar-refractivity contribution in [3.05, 3.63) is 46.5 Å². The molecule has 2 heterocycles.